The van der Waals surface area contributed by atoms with Crippen molar-refractivity contribution in [2.75, 3.05) is 17.7 Å². The third-order valence-corrected chi connectivity index (χ3v) is 4.60. The van der Waals surface area contributed by atoms with Crippen molar-refractivity contribution < 1.29 is 0 Å². The first kappa shape index (κ1) is 12.9. The first-order valence-electron chi connectivity index (χ1n) is 7.01. The number of nitrogens with zero attached hydrogens (tertiary/aromatic N) is 2. The Hall–Kier alpha value is -1.16. The Bertz CT molecular complexity index is 586. The minimum atomic E-state index is 0.541. The first-order valence-corrected chi connectivity index (χ1v) is 8.40. The van der Waals surface area contributed by atoms with Crippen molar-refractivity contribution in [1.82, 2.24) is 9.55 Å². The second kappa shape index (κ2) is 5.08. The first-order chi connectivity index (χ1) is 9.24. The minimum Gasteiger partial charge on any atom is -0.399 e. The number of anilines is 1. The van der Waals surface area contributed by atoms with Crippen LogP contribution in [0.2, 0.25) is 0 Å². The normalized spacial score (nSPS) is 16.9. The summed E-state index contributed by atoms with van der Waals surface area (Å²) in [5.41, 5.74) is 9.00. The second-order valence-corrected chi connectivity index (χ2v) is 6.29. The molecule has 1 atom stereocenters. The van der Waals surface area contributed by atoms with Gasteiger partial charge in [-0.05, 0) is 43.7 Å². The van der Waals surface area contributed by atoms with Crippen LogP contribution < -0.4 is 5.73 Å². The molecule has 0 spiro atoms. The van der Waals surface area contributed by atoms with Crippen molar-refractivity contribution >= 4 is 28.5 Å². The zero-order valence-electron chi connectivity index (χ0n) is 11.6. The van der Waals surface area contributed by atoms with Crippen molar-refractivity contribution in [3.63, 3.8) is 0 Å². The molecule has 1 aromatic heterocycles. The molecule has 1 saturated carbocycles. The Labute approximate surface area is 118 Å². The number of thioether (sulfide) groups is 1. The van der Waals surface area contributed by atoms with Gasteiger partial charge < -0.3 is 10.3 Å². The number of aromatic nitrogens is 2. The van der Waals surface area contributed by atoms with Gasteiger partial charge in [0.25, 0.3) is 0 Å². The number of nitrogens with two attached hydrogens (primary N) is 1. The molecule has 1 fully saturated rings. The molecule has 0 bridgehead atoms. The Balaban J connectivity index is 2.15. The smallest absolute Gasteiger partial charge is 0.113 e. The molecule has 2 aromatic rings. The quantitative estimate of drug-likeness (QED) is 0.844. The summed E-state index contributed by atoms with van der Waals surface area (Å²) in [5.74, 6) is 3.09. The van der Waals surface area contributed by atoms with Gasteiger partial charge in [-0.2, -0.15) is 11.8 Å². The number of fused-ring (bicyclic) bond motifs is 1. The highest BCUT2D eigenvalue weighted by Gasteiger charge is 2.31. The molecule has 1 aliphatic rings. The van der Waals surface area contributed by atoms with Gasteiger partial charge in [-0.25, -0.2) is 4.98 Å². The van der Waals surface area contributed by atoms with E-state index >= 15 is 0 Å². The van der Waals surface area contributed by atoms with E-state index < -0.39 is 0 Å². The Morgan fingerprint density at radius 2 is 2.26 bits per heavy atom. The van der Waals surface area contributed by atoms with E-state index in [1.807, 2.05) is 23.9 Å². The van der Waals surface area contributed by atoms with Gasteiger partial charge in [0.2, 0.25) is 0 Å². The van der Waals surface area contributed by atoms with Crippen molar-refractivity contribution in [3.8, 4) is 0 Å². The molecule has 1 aliphatic carbocycles. The lowest BCUT2D eigenvalue weighted by molar-refractivity contribution is 0.531. The molecule has 1 unspecified atom stereocenters. The van der Waals surface area contributed by atoms with E-state index in [0.29, 0.717) is 12.0 Å². The summed E-state index contributed by atoms with van der Waals surface area (Å²) in [6.07, 6.45) is 5.90. The highest BCUT2D eigenvalue weighted by atomic mass is 32.2. The zero-order valence-corrected chi connectivity index (χ0v) is 12.4. The van der Waals surface area contributed by atoms with Crippen LogP contribution in [0.4, 0.5) is 5.69 Å². The summed E-state index contributed by atoms with van der Waals surface area (Å²) in [5, 5.41) is 0. The summed E-state index contributed by atoms with van der Waals surface area (Å²) in [4.78, 5) is 4.86. The standard InChI is InChI=1S/C15H21N3S/c1-3-12(9-19-2)18-14-7-6-11(16)8-13(14)17-15(18)10-4-5-10/h6-8,10,12H,3-5,9,16H2,1-2H3. The van der Waals surface area contributed by atoms with Crippen molar-refractivity contribution in [1.29, 1.82) is 0 Å². The van der Waals surface area contributed by atoms with Crippen LogP contribution in [-0.2, 0) is 0 Å². The molecule has 0 saturated heterocycles. The molecule has 4 heteroatoms. The number of nitrogen functional groups attached to an aromatic ring is 1. The van der Waals surface area contributed by atoms with Gasteiger partial charge >= 0.3 is 0 Å². The zero-order chi connectivity index (χ0) is 13.4. The number of imidazole rings is 1. The highest BCUT2D eigenvalue weighted by Crippen LogP contribution is 2.42. The van der Waals surface area contributed by atoms with Crippen LogP contribution in [-0.4, -0.2) is 21.6 Å². The highest BCUT2D eigenvalue weighted by molar-refractivity contribution is 7.98. The fourth-order valence-corrected chi connectivity index (χ4v) is 3.48. The molecule has 19 heavy (non-hydrogen) atoms. The predicted molar refractivity (Wildman–Crippen MR) is 83.8 cm³/mol. The van der Waals surface area contributed by atoms with Crippen LogP contribution in [0.25, 0.3) is 11.0 Å². The van der Waals surface area contributed by atoms with Gasteiger partial charge in [0.1, 0.15) is 5.82 Å². The lowest BCUT2D eigenvalue weighted by Gasteiger charge is -2.19. The van der Waals surface area contributed by atoms with E-state index in [4.69, 9.17) is 10.7 Å². The third-order valence-electron chi connectivity index (χ3n) is 3.88. The molecular weight excluding hydrogens is 254 g/mol. The lowest BCUT2D eigenvalue weighted by Crippen LogP contribution is -2.13. The number of hydrogen-bond donors (Lipinski definition) is 1. The summed E-state index contributed by atoms with van der Waals surface area (Å²) in [6.45, 7) is 2.26. The van der Waals surface area contributed by atoms with E-state index in [9.17, 15) is 0 Å². The molecular formula is C15H21N3S. The fourth-order valence-electron chi connectivity index (χ4n) is 2.72. The van der Waals surface area contributed by atoms with E-state index in [1.54, 1.807) is 0 Å². The van der Waals surface area contributed by atoms with Gasteiger partial charge in [0, 0.05) is 23.4 Å². The molecule has 102 valence electrons. The third kappa shape index (κ3) is 2.34. The van der Waals surface area contributed by atoms with Crippen molar-refractivity contribution in [3.05, 3.63) is 24.0 Å². The molecule has 1 aromatic carbocycles. The topological polar surface area (TPSA) is 43.8 Å². The predicted octanol–water partition coefficient (Wildman–Crippen LogP) is 3.81. The number of hydrogen-bond acceptors (Lipinski definition) is 3. The van der Waals surface area contributed by atoms with Crippen LogP contribution in [0.15, 0.2) is 18.2 Å². The summed E-state index contributed by atoms with van der Waals surface area (Å²) >= 11 is 1.91. The lowest BCUT2D eigenvalue weighted by atomic mass is 10.2. The van der Waals surface area contributed by atoms with Crippen LogP contribution >= 0.6 is 11.8 Å². The number of rotatable bonds is 5. The SMILES string of the molecule is CCC(CSC)n1c(C2CC2)nc2cc(N)ccc21. The fraction of sp³-hybridized carbons (Fsp3) is 0.533. The van der Waals surface area contributed by atoms with E-state index in [0.717, 1.165) is 23.4 Å². The summed E-state index contributed by atoms with van der Waals surface area (Å²) in [7, 11) is 0. The van der Waals surface area contributed by atoms with E-state index in [2.05, 4.69) is 23.8 Å². The van der Waals surface area contributed by atoms with Crippen LogP contribution in [0, 0.1) is 0 Å². The Kier molecular flexibility index (Phi) is 3.44. The monoisotopic (exact) mass is 275 g/mol. The van der Waals surface area contributed by atoms with Crippen LogP contribution in [0.3, 0.4) is 0 Å². The van der Waals surface area contributed by atoms with Gasteiger partial charge in [0.15, 0.2) is 0 Å². The molecule has 3 rings (SSSR count). The summed E-state index contributed by atoms with van der Waals surface area (Å²) in [6, 6.07) is 6.67. The molecule has 2 N–H and O–H groups in total. The van der Waals surface area contributed by atoms with Gasteiger partial charge in [0.05, 0.1) is 11.0 Å². The molecule has 1 heterocycles. The van der Waals surface area contributed by atoms with E-state index in [-0.39, 0.29) is 0 Å². The summed E-state index contributed by atoms with van der Waals surface area (Å²) < 4.78 is 2.48. The van der Waals surface area contributed by atoms with Gasteiger partial charge in [-0.3, -0.25) is 0 Å². The van der Waals surface area contributed by atoms with Crippen molar-refractivity contribution in [2.45, 2.75) is 38.1 Å². The van der Waals surface area contributed by atoms with Crippen molar-refractivity contribution in [2.24, 2.45) is 0 Å². The van der Waals surface area contributed by atoms with Gasteiger partial charge in [-0.1, -0.05) is 6.92 Å². The molecule has 0 radical (unpaired) electrons. The molecule has 0 aliphatic heterocycles. The Morgan fingerprint density at radius 1 is 1.47 bits per heavy atom. The minimum absolute atomic E-state index is 0.541. The second-order valence-electron chi connectivity index (χ2n) is 5.38. The van der Waals surface area contributed by atoms with Crippen LogP contribution in [0.5, 0.6) is 0 Å². The maximum Gasteiger partial charge on any atom is 0.113 e. The number of benzene rings is 1. The average Bonchev–Trinajstić information content (AvgIpc) is 3.18. The van der Waals surface area contributed by atoms with E-state index in [1.165, 1.54) is 24.2 Å². The van der Waals surface area contributed by atoms with Crippen LogP contribution in [0.1, 0.15) is 44.0 Å². The maximum absolute atomic E-state index is 5.89. The maximum atomic E-state index is 5.89. The molecule has 3 nitrogen and oxygen atoms in total. The average molecular weight is 275 g/mol. The molecule has 0 amide bonds. The van der Waals surface area contributed by atoms with Gasteiger partial charge in [-0.15, -0.1) is 0 Å². The largest absolute Gasteiger partial charge is 0.399 e. The Morgan fingerprint density at radius 3 is 2.89 bits per heavy atom.